The lowest BCUT2D eigenvalue weighted by atomic mass is 10.1. The van der Waals surface area contributed by atoms with Crippen molar-refractivity contribution >= 4 is 5.69 Å². The molecule has 78 valence electrons. The zero-order chi connectivity index (χ0) is 10.9. The maximum atomic E-state index is 5.86. The van der Waals surface area contributed by atoms with E-state index >= 15 is 0 Å². The largest absolute Gasteiger partial charge is 0.488 e. The predicted octanol–water partition coefficient (Wildman–Crippen LogP) is 3.06. The smallest absolute Gasteiger partial charge is 0.127 e. The highest BCUT2D eigenvalue weighted by molar-refractivity contribution is 5.56. The van der Waals surface area contributed by atoms with Crippen LogP contribution in [0.15, 0.2) is 12.1 Å². The molecule has 2 N–H and O–H groups in total. The number of nitrogen functional groups attached to an aromatic ring is 1. The maximum Gasteiger partial charge on any atom is 0.127 e. The van der Waals surface area contributed by atoms with Crippen LogP contribution in [0, 0.1) is 13.8 Å². The van der Waals surface area contributed by atoms with Crippen LogP contribution in [0.2, 0.25) is 0 Å². The molecule has 0 amide bonds. The number of anilines is 1. The van der Waals surface area contributed by atoms with Crippen LogP contribution in [0.25, 0.3) is 0 Å². The Morgan fingerprint density at radius 1 is 1.14 bits per heavy atom. The molecule has 0 aliphatic carbocycles. The number of hydrogen-bond donors (Lipinski definition) is 1. The molecule has 1 rings (SSSR count). The van der Waals surface area contributed by atoms with E-state index in [1.807, 2.05) is 46.8 Å². The first-order valence-electron chi connectivity index (χ1n) is 4.86. The topological polar surface area (TPSA) is 35.2 Å². The average Bonchev–Trinajstić information content (AvgIpc) is 2.04. The molecule has 0 heterocycles. The average molecular weight is 193 g/mol. The summed E-state index contributed by atoms with van der Waals surface area (Å²) in [5.74, 6) is 0.914. The monoisotopic (exact) mass is 193 g/mol. The fourth-order valence-electron chi connectivity index (χ4n) is 1.31. The van der Waals surface area contributed by atoms with Crippen LogP contribution in [-0.2, 0) is 0 Å². The molecule has 0 fully saturated rings. The fraction of sp³-hybridized carbons (Fsp3) is 0.500. The summed E-state index contributed by atoms with van der Waals surface area (Å²) in [4.78, 5) is 0. The van der Waals surface area contributed by atoms with E-state index in [0.29, 0.717) is 0 Å². The van der Waals surface area contributed by atoms with Gasteiger partial charge in [-0.1, -0.05) is 6.07 Å². The zero-order valence-corrected chi connectivity index (χ0v) is 9.64. The van der Waals surface area contributed by atoms with E-state index in [1.165, 1.54) is 0 Å². The number of benzene rings is 1. The quantitative estimate of drug-likeness (QED) is 0.696. The summed E-state index contributed by atoms with van der Waals surface area (Å²) in [6, 6.07) is 3.91. The molecular weight excluding hydrogens is 174 g/mol. The predicted molar refractivity (Wildman–Crippen MR) is 60.7 cm³/mol. The van der Waals surface area contributed by atoms with Crippen molar-refractivity contribution in [1.82, 2.24) is 0 Å². The van der Waals surface area contributed by atoms with Crippen LogP contribution >= 0.6 is 0 Å². The van der Waals surface area contributed by atoms with Gasteiger partial charge in [0.1, 0.15) is 11.4 Å². The molecule has 14 heavy (non-hydrogen) atoms. The van der Waals surface area contributed by atoms with Crippen LogP contribution in [0.1, 0.15) is 31.9 Å². The van der Waals surface area contributed by atoms with Crippen molar-refractivity contribution in [1.29, 1.82) is 0 Å². The Hall–Kier alpha value is -1.18. The van der Waals surface area contributed by atoms with Crippen molar-refractivity contribution < 1.29 is 4.74 Å². The van der Waals surface area contributed by atoms with Gasteiger partial charge >= 0.3 is 0 Å². The number of rotatable bonds is 1. The minimum Gasteiger partial charge on any atom is -0.488 e. The Morgan fingerprint density at radius 3 is 2.21 bits per heavy atom. The lowest BCUT2D eigenvalue weighted by molar-refractivity contribution is 0.129. The van der Waals surface area contributed by atoms with E-state index in [0.717, 1.165) is 22.6 Å². The SMILES string of the molecule is Cc1ccc(N)c(C)c1OC(C)(C)C. The van der Waals surface area contributed by atoms with Gasteiger partial charge in [-0.05, 0) is 46.2 Å². The van der Waals surface area contributed by atoms with Crippen molar-refractivity contribution in [3.63, 3.8) is 0 Å². The lowest BCUT2D eigenvalue weighted by Crippen LogP contribution is -2.24. The molecule has 0 spiro atoms. The van der Waals surface area contributed by atoms with Gasteiger partial charge in [-0.15, -0.1) is 0 Å². The number of ether oxygens (including phenoxy) is 1. The summed E-state index contributed by atoms with van der Waals surface area (Å²) in [6.07, 6.45) is 0. The van der Waals surface area contributed by atoms with E-state index in [9.17, 15) is 0 Å². The highest BCUT2D eigenvalue weighted by Crippen LogP contribution is 2.30. The van der Waals surface area contributed by atoms with E-state index < -0.39 is 0 Å². The Labute approximate surface area is 86.1 Å². The molecule has 1 aromatic rings. The van der Waals surface area contributed by atoms with E-state index in [4.69, 9.17) is 10.5 Å². The molecule has 0 saturated heterocycles. The lowest BCUT2D eigenvalue weighted by Gasteiger charge is -2.24. The van der Waals surface area contributed by atoms with E-state index in [2.05, 4.69) is 0 Å². The molecule has 0 atom stereocenters. The van der Waals surface area contributed by atoms with Crippen molar-refractivity contribution in [3.8, 4) is 5.75 Å². The van der Waals surface area contributed by atoms with Crippen LogP contribution in [0.3, 0.4) is 0 Å². The third-order valence-corrected chi connectivity index (χ3v) is 2.05. The van der Waals surface area contributed by atoms with Crippen LogP contribution in [0.5, 0.6) is 5.75 Å². The van der Waals surface area contributed by atoms with Crippen molar-refractivity contribution in [3.05, 3.63) is 23.3 Å². The molecule has 0 aromatic heterocycles. The Balaban J connectivity index is 3.13. The molecule has 2 nitrogen and oxygen atoms in total. The summed E-state index contributed by atoms with van der Waals surface area (Å²) in [5, 5.41) is 0. The second-order valence-electron chi connectivity index (χ2n) is 4.64. The van der Waals surface area contributed by atoms with Gasteiger partial charge in [-0.3, -0.25) is 0 Å². The van der Waals surface area contributed by atoms with E-state index in [-0.39, 0.29) is 5.60 Å². The van der Waals surface area contributed by atoms with Crippen LogP contribution in [0.4, 0.5) is 5.69 Å². The third-order valence-electron chi connectivity index (χ3n) is 2.05. The van der Waals surface area contributed by atoms with Gasteiger partial charge in [0.05, 0.1) is 0 Å². The molecule has 0 aliphatic rings. The molecule has 0 unspecified atom stereocenters. The first kappa shape index (κ1) is 10.9. The van der Waals surface area contributed by atoms with Gasteiger partial charge in [0, 0.05) is 11.3 Å². The molecule has 2 heteroatoms. The van der Waals surface area contributed by atoms with Gasteiger partial charge in [-0.2, -0.15) is 0 Å². The van der Waals surface area contributed by atoms with Gasteiger partial charge < -0.3 is 10.5 Å². The summed E-state index contributed by atoms with van der Waals surface area (Å²) < 4.78 is 5.86. The van der Waals surface area contributed by atoms with Gasteiger partial charge in [0.15, 0.2) is 0 Å². The first-order valence-corrected chi connectivity index (χ1v) is 4.86. The maximum absolute atomic E-state index is 5.86. The molecular formula is C12H19NO. The van der Waals surface area contributed by atoms with Crippen molar-refractivity contribution in [2.24, 2.45) is 0 Å². The van der Waals surface area contributed by atoms with Crippen molar-refractivity contribution in [2.45, 2.75) is 40.2 Å². The van der Waals surface area contributed by atoms with Gasteiger partial charge in [0.25, 0.3) is 0 Å². The molecule has 0 saturated carbocycles. The second kappa shape index (κ2) is 3.52. The van der Waals surface area contributed by atoms with Crippen LogP contribution in [-0.4, -0.2) is 5.60 Å². The normalized spacial score (nSPS) is 11.5. The number of hydrogen-bond acceptors (Lipinski definition) is 2. The fourth-order valence-corrected chi connectivity index (χ4v) is 1.31. The Morgan fingerprint density at radius 2 is 1.71 bits per heavy atom. The third kappa shape index (κ3) is 2.41. The highest BCUT2D eigenvalue weighted by atomic mass is 16.5. The number of aryl methyl sites for hydroxylation is 1. The van der Waals surface area contributed by atoms with Crippen molar-refractivity contribution in [2.75, 3.05) is 5.73 Å². The Bertz CT molecular complexity index is 337. The van der Waals surface area contributed by atoms with E-state index in [1.54, 1.807) is 0 Å². The highest BCUT2D eigenvalue weighted by Gasteiger charge is 2.15. The summed E-state index contributed by atoms with van der Waals surface area (Å²) in [6.45, 7) is 10.1. The molecule has 0 aliphatic heterocycles. The minimum absolute atomic E-state index is 0.177. The van der Waals surface area contributed by atoms with Gasteiger partial charge in [0.2, 0.25) is 0 Å². The summed E-state index contributed by atoms with van der Waals surface area (Å²) in [7, 11) is 0. The van der Waals surface area contributed by atoms with Gasteiger partial charge in [-0.25, -0.2) is 0 Å². The minimum atomic E-state index is -0.177. The molecule has 1 aromatic carbocycles. The zero-order valence-electron chi connectivity index (χ0n) is 9.64. The Kier molecular flexibility index (Phi) is 2.74. The summed E-state index contributed by atoms with van der Waals surface area (Å²) in [5.41, 5.74) is 8.60. The molecule has 0 bridgehead atoms. The standard InChI is InChI=1S/C12H19NO/c1-8-6-7-10(13)9(2)11(8)14-12(3,4)5/h6-7H,13H2,1-5H3. The van der Waals surface area contributed by atoms with Crippen LogP contribution < -0.4 is 10.5 Å². The second-order valence-corrected chi connectivity index (χ2v) is 4.64. The first-order chi connectivity index (χ1) is 6.31. The summed E-state index contributed by atoms with van der Waals surface area (Å²) >= 11 is 0. The number of nitrogens with two attached hydrogens (primary N) is 1. The molecule has 0 radical (unpaired) electrons.